The minimum Gasteiger partial charge on any atom is -0.352 e. The summed E-state index contributed by atoms with van der Waals surface area (Å²) in [5.74, 6) is 0.147. The second-order valence-corrected chi connectivity index (χ2v) is 7.20. The smallest absolute Gasteiger partial charge is 0.241 e. The van der Waals surface area contributed by atoms with E-state index in [4.69, 9.17) is 0 Å². The highest BCUT2D eigenvalue weighted by Crippen LogP contribution is 2.28. The Morgan fingerprint density at radius 2 is 2.19 bits per heavy atom. The van der Waals surface area contributed by atoms with Crippen LogP contribution in [-0.4, -0.2) is 30.0 Å². The molecule has 2 aliphatic rings. The molecule has 3 atom stereocenters. The molecular formula is C17H24N2OS. The van der Waals surface area contributed by atoms with Gasteiger partial charge in [-0.15, -0.1) is 0 Å². The molecule has 1 heterocycles. The van der Waals surface area contributed by atoms with Crippen molar-refractivity contribution < 1.29 is 4.79 Å². The van der Waals surface area contributed by atoms with Crippen molar-refractivity contribution in [3.05, 3.63) is 35.4 Å². The number of hydrogen-bond acceptors (Lipinski definition) is 3. The fourth-order valence-corrected chi connectivity index (χ4v) is 4.34. The summed E-state index contributed by atoms with van der Waals surface area (Å²) in [4.78, 5) is 12.6. The molecule has 2 N–H and O–H groups in total. The molecule has 3 rings (SSSR count). The zero-order valence-electron chi connectivity index (χ0n) is 12.6. The fourth-order valence-electron chi connectivity index (χ4n) is 3.51. The van der Waals surface area contributed by atoms with Gasteiger partial charge in [-0.05, 0) is 43.1 Å². The molecule has 0 radical (unpaired) electrons. The number of rotatable bonds is 3. The average Bonchev–Trinajstić information content (AvgIpc) is 2.54. The predicted molar refractivity (Wildman–Crippen MR) is 88.6 cm³/mol. The zero-order chi connectivity index (χ0) is 14.7. The first-order valence-electron chi connectivity index (χ1n) is 7.92. The maximum atomic E-state index is 12.6. The molecule has 0 spiro atoms. The van der Waals surface area contributed by atoms with Crippen LogP contribution < -0.4 is 10.6 Å². The Morgan fingerprint density at radius 1 is 1.33 bits per heavy atom. The topological polar surface area (TPSA) is 41.1 Å². The third-order valence-electron chi connectivity index (χ3n) is 4.68. The molecule has 114 valence electrons. The van der Waals surface area contributed by atoms with Gasteiger partial charge in [0.1, 0.15) is 6.04 Å². The molecule has 21 heavy (non-hydrogen) atoms. The van der Waals surface area contributed by atoms with Crippen LogP contribution in [0.3, 0.4) is 0 Å². The van der Waals surface area contributed by atoms with Crippen molar-refractivity contribution in [1.82, 2.24) is 10.6 Å². The van der Waals surface area contributed by atoms with Gasteiger partial charge < -0.3 is 10.6 Å². The van der Waals surface area contributed by atoms with Crippen LogP contribution in [0.15, 0.2) is 24.3 Å². The quantitative estimate of drug-likeness (QED) is 0.902. The summed E-state index contributed by atoms with van der Waals surface area (Å²) in [6.07, 6.45) is 7.94. The first-order chi connectivity index (χ1) is 10.3. The van der Waals surface area contributed by atoms with Crippen LogP contribution in [0.1, 0.15) is 42.9 Å². The van der Waals surface area contributed by atoms with Gasteiger partial charge >= 0.3 is 0 Å². The summed E-state index contributed by atoms with van der Waals surface area (Å²) >= 11 is 1.93. The SMILES string of the molecule is CSC1CCCC(NC(=O)C2NCCc3ccccc32)C1. The van der Waals surface area contributed by atoms with Gasteiger partial charge in [-0.2, -0.15) is 11.8 Å². The van der Waals surface area contributed by atoms with Gasteiger partial charge in [0, 0.05) is 17.8 Å². The minimum atomic E-state index is -0.176. The number of fused-ring (bicyclic) bond motifs is 1. The van der Waals surface area contributed by atoms with E-state index in [1.54, 1.807) is 0 Å². The van der Waals surface area contributed by atoms with E-state index in [9.17, 15) is 4.79 Å². The second-order valence-electron chi connectivity index (χ2n) is 6.07. The van der Waals surface area contributed by atoms with Crippen LogP contribution in [-0.2, 0) is 11.2 Å². The molecule has 3 nitrogen and oxygen atoms in total. The zero-order valence-corrected chi connectivity index (χ0v) is 13.4. The molecular weight excluding hydrogens is 280 g/mol. The molecule has 1 amide bonds. The van der Waals surface area contributed by atoms with E-state index in [0.29, 0.717) is 11.3 Å². The van der Waals surface area contributed by atoms with E-state index < -0.39 is 0 Å². The van der Waals surface area contributed by atoms with E-state index in [1.165, 1.54) is 18.4 Å². The molecule has 1 aliphatic heterocycles. The molecule has 1 aliphatic carbocycles. The van der Waals surface area contributed by atoms with Crippen molar-refractivity contribution in [2.75, 3.05) is 12.8 Å². The lowest BCUT2D eigenvalue weighted by Crippen LogP contribution is -2.46. The number of carbonyl (C=O) groups excluding carboxylic acids is 1. The van der Waals surface area contributed by atoms with Crippen LogP contribution in [0.2, 0.25) is 0 Å². The summed E-state index contributed by atoms with van der Waals surface area (Å²) < 4.78 is 0. The third-order valence-corrected chi connectivity index (χ3v) is 5.77. The number of hydrogen-bond donors (Lipinski definition) is 2. The van der Waals surface area contributed by atoms with Gasteiger partial charge in [-0.1, -0.05) is 30.7 Å². The van der Waals surface area contributed by atoms with Crippen molar-refractivity contribution in [2.24, 2.45) is 0 Å². The van der Waals surface area contributed by atoms with Crippen molar-refractivity contribution in [3.8, 4) is 0 Å². The van der Waals surface area contributed by atoms with Gasteiger partial charge in [0.05, 0.1) is 0 Å². The van der Waals surface area contributed by atoms with Gasteiger partial charge in [0.15, 0.2) is 0 Å². The van der Waals surface area contributed by atoms with Crippen molar-refractivity contribution in [2.45, 2.75) is 49.4 Å². The second kappa shape index (κ2) is 6.84. The normalized spacial score (nSPS) is 28.7. The van der Waals surface area contributed by atoms with Crippen molar-refractivity contribution in [1.29, 1.82) is 0 Å². The van der Waals surface area contributed by atoms with Gasteiger partial charge in [-0.25, -0.2) is 0 Å². The van der Waals surface area contributed by atoms with E-state index in [1.807, 2.05) is 17.8 Å². The number of nitrogens with one attached hydrogen (secondary N) is 2. The number of amides is 1. The Bertz CT molecular complexity index is 505. The monoisotopic (exact) mass is 304 g/mol. The summed E-state index contributed by atoms with van der Waals surface area (Å²) in [5, 5.41) is 7.36. The van der Waals surface area contributed by atoms with E-state index >= 15 is 0 Å². The summed E-state index contributed by atoms with van der Waals surface area (Å²) in [7, 11) is 0. The Balaban J connectivity index is 1.66. The molecule has 1 fully saturated rings. The molecule has 1 saturated carbocycles. The van der Waals surface area contributed by atoms with Crippen LogP contribution in [0.25, 0.3) is 0 Å². The minimum absolute atomic E-state index is 0.147. The summed E-state index contributed by atoms with van der Waals surface area (Å²) in [5.41, 5.74) is 2.46. The Morgan fingerprint density at radius 3 is 3.05 bits per heavy atom. The summed E-state index contributed by atoms with van der Waals surface area (Å²) in [6.45, 7) is 0.882. The molecule has 3 unspecified atom stereocenters. The largest absolute Gasteiger partial charge is 0.352 e. The lowest BCUT2D eigenvalue weighted by Gasteiger charge is -2.32. The standard InChI is InChI=1S/C17H24N2OS/c1-21-14-7-4-6-13(11-14)19-17(20)16-15-8-3-2-5-12(15)9-10-18-16/h2-3,5,8,13-14,16,18H,4,6-7,9-11H2,1H3,(H,19,20). The van der Waals surface area contributed by atoms with Gasteiger partial charge in [-0.3, -0.25) is 4.79 Å². The lowest BCUT2D eigenvalue weighted by atomic mass is 9.92. The van der Waals surface area contributed by atoms with Crippen molar-refractivity contribution in [3.63, 3.8) is 0 Å². The van der Waals surface area contributed by atoms with Crippen LogP contribution in [0, 0.1) is 0 Å². The molecule has 1 aromatic rings. The molecule has 1 aromatic carbocycles. The Labute approximate surface area is 131 Å². The van der Waals surface area contributed by atoms with Crippen LogP contribution in [0.5, 0.6) is 0 Å². The first kappa shape index (κ1) is 14.9. The molecule has 0 bridgehead atoms. The van der Waals surface area contributed by atoms with E-state index in [2.05, 4.69) is 35.1 Å². The summed E-state index contributed by atoms with van der Waals surface area (Å²) in [6, 6.07) is 8.47. The van der Waals surface area contributed by atoms with Crippen LogP contribution >= 0.6 is 11.8 Å². The van der Waals surface area contributed by atoms with Crippen LogP contribution in [0.4, 0.5) is 0 Å². The van der Waals surface area contributed by atoms with Gasteiger partial charge in [0.2, 0.25) is 5.91 Å². The number of thioether (sulfide) groups is 1. The highest BCUT2D eigenvalue weighted by molar-refractivity contribution is 7.99. The maximum absolute atomic E-state index is 12.6. The highest BCUT2D eigenvalue weighted by atomic mass is 32.2. The van der Waals surface area contributed by atoms with Gasteiger partial charge in [0.25, 0.3) is 0 Å². The molecule has 0 aromatic heterocycles. The predicted octanol–water partition coefficient (Wildman–Crippen LogP) is 2.66. The Hall–Kier alpha value is -1.00. The fraction of sp³-hybridized carbons (Fsp3) is 0.588. The van der Waals surface area contributed by atoms with Crippen molar-refractivity contribution >= 4 is 17.7 Å². The Kier molecular flexibility index (Phi) is 4.86. The highest BCUT2D eigenvalue weighted by Gasteiger charge is 2.29. The average molecular weight is 304 g/mol. The molecule has 4 heteroatoms. The maximum Gasteiger partial charge on any atom is 0.241 e. The number of benzene rings is 1. The van der Waals surface area contributed by atoms with E-state index in [0.717, 1.165) is 31.4 Å². The third kappa shape index (κ3) is 3.43. The lowest BCUT2D eigenvalue weighted by molar-refractivity contribution is -0.124. The molecule has 0 saturated heterocycles. The first-order valence-corrected chi connectivity index (χ1v) is 9.21. The number of carbonyl (C=O) groups is 1. The van der Waals surface area contributed by atoms with E-state index in [-0.39, 0.29) is 11.9 Å².